The van der Waals surface area contributed by atoms with E-state index in [9.17, 15) is 14.4 Å². The predicted octanol–water partition coefficient (Wildman–Crippen LogP) is 1.93. The minimum atomic E-state index is -1.26. The summed E-state index contributed by atoms with van der Waals surface area (Å²) in [5, 5.41) is 28.1. The second kappa shape index (κ2) is 13.0. The minimum Gasteiger partial charge on any atom is -0.478 e. The summed E-state index contributed by atoms with van der Waals surface area (Å²) in [5.41, 5.74) is 1.70. The van der Waals surface area contributed by atoms with Gasteiger partial charge >= 0.3 is 11.9 Å². The predicted molar refractivity (Wildman–Crippen MR) is 127 cm³/mol. The summed E-state index contributed by atoms with van der Waals surface area (Å²) in [6.07, 6.45) is 11.0. The van der Waals surface area contributed by atoms with Crippen molar-refractivity contribution in [2.75, 3.05) is 13.1 Å². The van der Waals surface area contributed by atoms with Crippen molar-refractivity contribution in [3.63, 3.8) is 0 Å². The lowest BCUT2D eigenvalue weighted by atomic mass is 10.0. The molecule has 11 nitrogen and oxygen atoms in total. The van der Waals surface area contributed by atoms with Crippen molar-refractivity contribution < 1.29 is 24.6 Å². The third-order valence-electron chi connectivity index (χ3n) is 5.39. The maximum atomic E-state index is 12.4. The summed E-state index contributed by atoms with van der Waals surface area (Å²) in [6.45, 7) is 5.92. The number of aryl methyl sites for hydroxylation is 1. The normalized spacial score (nSPS) is 15.3. The van der Waals surface area contributed by atoms with Gasteiger partial charge in [0.05, 0.1) is 24.6 Å². The second-order valence-electron chi connectivity index (χ2n) is 8.61. The Morgan fingerprint density at radius 2 is 2.00 bits per heavy atom. The smallest absolute Gasteiger partial charge is 0.328 e. The van der Waals surface area contributed by atoms with E-state index in [4.69, 9.17) is 15.5 Å². The van der Waals surface area contributed by atoms with E-state index in [2.05, 4.69) is 39.8 Å². The first-order valence-electron chi connectivity index (χ1n) is 11.1. The molecule has 3 rings (SSSR count). The third-order valence-corrected chi connectivity index (χ3v) is 5.39. The van der Waals surface area contributed by atoms with Crippen LogP contribution in [0.5, 0.6) is 0 Å². The van der Waals surface area contributed by atoms with Crippen LogP contribution >= 0.6 is 0 Å². The molecule has 1 amide bonds. The highest BCUT2D eigenvalue weighted by Crippen LogP contribution is 2.18. The Labute approximate surface area is 203 Å². The number of imidazole rings is 1. The van der Waals surface area contributed by atoms with E-state index in [1.165, 1.54) is 0 Å². The Morgan fingerprint density at radius 3 is 2.60 bits per heavy atom. The number of carboxylic acids is 2. The van der Waals surface area contributed by atoms with Crippen LogP contribution in [0.4, 0.5) is 0 Å². The van der Waals surface area contributed by atoms with Crippen LogP contribution in [0.2, 0.25) is 0 Å². The lowest BCUT2D eigenvalue weighted by Gasteiger charge is -2.28. The molecule has 2 aromatic rings. The average Bonchev–Trinajstić information content (AvgIpc) is 3.51. The van der Waals surface area contributed by atoms with Crippen molar-refractivity contribution in [1.29, 1.82) is 5.26 Å². The Hall–Kier alpha value is -4.04. The fourth-order valence-corrected chi connectivity index (χ4v) is 3.40. The molecule has 0 aliphatic carbocycles. The molecule has 1 atom stereocenters. The number of nitrogens with one attached hydrogen (secondary N) is 1. The molecule has 0 bridgehead atoms. The summed E-state index contributed by atoms with van der Waals surface area (Å²) >= 11 is 0. The Kier molecular flexibility index (Phi) is 10.1. The van der Waals surface area contributed by atoms with Gasteiger partial charge in [-0.15, -0.1) is 0 Å². The number of aromatic nitrogens is 3. The number of hydrogen-bond acceptors (Lipinski definition) is 7. The second-order valence-corrected chi connectivity index (χ2v) is 8.61. The number of likely N-dealkylation sites (tertiary alicyclic amines) is 1. The summed E-state index contributed by atoms with van der Waals surface area (Å²) in [5.74, 6) is -2.51. The van der Waals surface area contributed by atoms with Crippen molar-refractivity contribution in [2.45, 2.75) is 51.2 Å². The molecular weight excluding hydrogens is 452 g/mol. The molecule has 3 N–H and O–H groups in total. The van der Waals surface area contributed by atoms with Crippen molar-refractivity contribution in [3.05, 3.63) is 49.2 Å². The van der Waals surface area contributed by atoms with E-state index in [0.717, 1.165) is 37.1 Å². The number of aliphatic carboxylic acids is 2. The number of carbonyl (C=O) groups is 3. The standard InChI is InChI=1S/C20H26N6O.C4H4O4/c1-20(2,24-13-19(27)26-9-4-6-17(26)11-21)7-10-25-14-18(23-15-25)16-5-3-8-22-12-16;5-3(6)1-2-4(7)8/h3,5,8,12,14-15,17,24H,4,6-7,9-10,13H2,1-2H3;1-2H,(H,5,6)(H,7,8)/b;2-1+. The average molecular weight is 483 g/mol. The number of pyridine rings is 1. The summed E-state index contributed by atoms with van der Waals surface area (Å²) in [7, 11) is 0. The summed E-state index contributed by atoms with van der Waals surface area (Å²) < 4.78 is 2.06. The van der Waals surface area contributed by atoms with Crippen molar-refractivity contribution >= 4 is 17.8 Å². The summed E-state index contributed by atoms with van der Waals surface area (Å²) in [6, 6.07) is 5.84. The highest BCUT2D eigenvalue weighted by atomic mass is 16.4. The Bertz CT molecular complexity index is 1060. The van der Waals surface area contributed by atoms with Crippen LogP contribution < -0.4 is 5.32 Å². The van der Waals surface area contributed by atoms with Gasteiger partial charge in [-0.05, 0) is 45.2 Å². The molecule has 2 aromatic heterocycles. The van der Waals surface area contributed by atoms with Crippen LogP contribution in [0.15, 0.2) is 49.2 Å². The first-order valence-corrected chi connectivity index (χ1v) is 11.1. The monoisotopic (exact) mass is 482 g/mol. The van der Waals surface area contributed by atoms with Gasteiger partial charge in [0.15, 0.2) is 0 Å². The highest BCUT2D eigenvalue weighted by molar-refractivity contribution is 5.89. The van der Waals surface area contributed by atoms with Gasteiger partial charge in [0.25, 0.3) is 0 Å². The number of nitriles is 1. The molecule has 1 aliphatic heterocycles. The van der Waals surface area contributed by atoms with E-state index >= 15 is 0 Å². The van der Waals surface area contributed by atoms with E-state index in [-0.39, 0.29) is 24.0 Å². The largest absolute Gasteiger partial charge is 0.478 e. The van der Waals surface area contributed by atoms with Gasteiger partial charge in [0, 0.05) is 54.9 Å². The lowest BCUT2D eigenvalue weighted by molar-refractivity contribution is -0.134. The quantitative estimate of drug-likeness (QED) is 0.453. The zero-order valence-corrected chi connectivity index (χ0v) is 19.8. The first kappa shape index (κ1) is 27.2. The van der Waals surface area contributed by atoms with Crippen molar-refractivity contribution in [2.24, 2.45) is 0 Å². The molecule has 1 saturated heterocycles. The molecule has 0 saturated carbocycles. The Balaban J connectivity index is 0.000000466. The number of rotatable bonds is 9. The van der Waals surface area contributed by atoms with Crippen LogP contribution in [0.25, 0.3) is 11.3 Å². The van der Waals surface area contributed by atoms with Crippen molar-refractivity contribution in [3.8, 4) is 17.3 Å². The molecule has 1 fully saturated rings. The van der Waals surface area contributed by atoms with Gasteiger partial charge in [0.2, 0.25) is 5.91 Å². The number of carboxylic acid groups (broad SMARTS) is 2. The highest BCUT2D eigenvalue weighted by Gasteiger charge is 2.29. The number of nitrogens with zero attached hydrogens (tertiary/aromatic N) is 5. The van der Waals surface area contributed by atoms with Crippen LogP contribution in [0.3, 0.4) is 0 Å². The van der Waals surface area contributed by atoms with Gasteiger partial charge in [-0.3, -0.25) is 9.78 Å². The fourth-order valence-electron chi connectivity index (χ4n) is 3.40. The van der Waals surface area contributed by atoms with Crippen LogP contribution in [0.1, 0.15) is 33.1 Å². The van der Waals surface area contributed by atoms with Gasteiger partial charge in [0.1, 0.15) is 6.04 Å². The van der Waals surface area contributed by atoms with Crippen LogP contribution in [0, 0.1) is 11.3 Å². The first-order chi connectivity index (χ1) is 16.6. The van der Waals surface area contributed by atoms with Gasteiger partial charge in [-0.2, -0.15) is 5.26 Å². The molecule has 0 radical (unpaired) electrons. The number of hydrogen-bond donors (Lipinski definition) is 3. The maximum Gasteiger partial charge on any atom is 0.328 e. The molecule has 3 heterocycles. The molecular formula is C24H30N6O5. The van der Waals surface area contributed by atoms with Crippen LogP contribution in [-0.2, 0) is 20.9 Å². The van der Waals surface area contributed by atoms with Gasteiger partial charge < -0.3 is 25.0 Å². The molecule has 0 spiro atoms. The van der Waals surface area contributed by atoms with E-state index in [0.29, 0.717) is 18.7 Å². The van der Waals surface area contributed by atoms with Crippen LogP contribution in [-0.4, -0.2) is 72.2 Å². The number of amides is 1. The molecule has 1 aliphatic rings. The zero-order valence-electron chi connectivity index (χ0n) is 19.8. The molecule has 186 valence electrons. The Morgan fingerprint density at radius 1 is 1.29 bits per heavy atom. The molecule has 11 heteroatoms. The minimum absolute atomic E-state index is 0.00798. The fraction of sp³-hybridized carbons (Fsp3) is 0.417. The van der Waals surface area contributed by atoms with E-state index in [1.807, 2.05) is 24.7 Å². The molecule has 1 unspecified atom stereocenters. The van der Waals surface area contributed by atoms with E-state index < -0.39 is 11.9 Å². The topological polar surface area (TPSA) is 161 Å². The van der Waals surface area contributed by atoms with Gasteiger partial charge in [-0.1, -0.05) is 0 Å². The van der Waals surface area contributed by atoms with Gasteiger partial charge in [-0.25, -0.2) is 14.6 Å². The zero-order chi connectivity index (χ0) is 25.8. The third kappa shape index (κ3) is 9.38. The number of carbonyl (C=O) groups excluding carboxylic acids is 1. The maximum absolute atomic E-state index is 12.4. The molecule has 35 heavy (non-hydrogen) atoms. The lowest BCUT2D eigenvalue weighted by Crippen LogP contribution is -2.47. The summed E-state index contributed by atoms with van der Waals surface area (Å²) in [4.78, 5) is 41.8. The van der Waals surface area contributed by atoms with E-state index in [1.54, 1.807) is 17.3 Å². The van der Waals surface area contributed by atoms with Crippen molar-refractivity contribution in [1.82, 2.24) is 24.8 Å². The SMILES string of the molecule is CC(C)(CCn1cnc(-c2cccnc2)c1)NCC(=O)N1CCCC1C#N.O=C(O)/C=C/C(=O)O. The molecule has 0 aromatic carbocycles.